The molecule has 4 rings (SSSR count). The van der Waals surface area contributed by atoms with E-state index in [0.29, 0.717) is 42.9 Å². The van der Waals surface area contributed by atoms with Crippen LogP contribution in [0.5, 0.6) is 0 Å². The summed E-state index contributed by atoms with van der Waals surface area (Å²) in [6.07, 6.45) is 1.56. The topological polar surface area (TPSA) is 41.6 Å². The van der Waals surface area contributed by atoms with Gasteiger partial charge in [0, 0.05) is 41.6 Å². The van der Waals surface area contributed by atoms with Crippen molar-refractivity contribution in [3.8, 4) is 0 Å². The summed E-state index contributed by atoms with van der Waals surface area (Å²) in [6, 6.07) is 12.2. The average Bonchev–Trinajstić information content (AvgIpc) is 3.16. The number of amides is 1. The number of morpholine rings is 1. The summed E-state index contributed by atoms with van der Waals surface area (Å²) >= 11 is 12.2. The Bertz CT molecular complexity index is 867. The number of carbonyl (C=O) groups excluding carboxylic acids is 1. The van der Waals surface area contributed by atoms with Gasteiger partial charge in [0.15, 0.2) is 0 Å². The lowest BCUT2D eigenvalue weighted by Crippen LogP contribution is -2.44. The molecule has 1 N–H and O–H groups in total. The van der Waals surface area contributed by atoms with Crippen LogP contribution in [-0.4, -0.2) is 43.2 Å². The third-order valence-electron chi connectivity index (χ3n) is 6.02. The van der Waals surface area contributed by atoms with Crippen molar-refractivity contribution in [2.24, 2.45) is 5.92 Å². The van der Waals surface area contributed by atoms with E-state index in [1.54, 1.807) is 18.2 Å². The van der Waals surface area contributed by atoms with Crippen molar-refractivity contribution < 1.29 is 13.9 Å². The Morgan fingerprint density at radius 2 is 1.73 bits per heavy atom. The molecule has 2 aliphatic rings. The predicted octanol–water partition coefficient (Wildman–Crippen LogP) is 4.64. The van der Waals surface area contributed by atoms with Gasteiger partial charge in [0.2, 0.25) is 5.91 Å². The molecule has 1 aliphatic carbocycles. The summed E-state index contributed by atoms with van der Waals surface area (Å²) < 4.78 is 18.8. The Kier molecular flexibility index (Phi) is 6.94. The molecule has 2 fully saturated rings. The van der Waals surface area contributed by atoms with E-state index in [1.807, 2.05) is 17.0 Å². The quantitative estimate of drug-likeness (QED) is 0.720. The van der Waals surface area contributed by atoms with Crippen molar-refractivity contribution >= 4 is 29.1 Å². The van der Waals surface area contributed by atoms with E-state index in [1.165, 1.54) is 12.1 Å². The third kappa shape index (κ3) is 5.14. The van der Waals surface area contributed by atoms with Crippen molar-refractivity contribution in [2.45, 2.75) is 31.3 Å². The zero-order valence-electron chi connectivity index (χ0n) is 16.6. The number of carbonyl (C=O) groups is 1. The van der Waals surface area contributed by atoms with Gasteiger partial charge in [-0.05, 0) is 60.2 Å². The number of hydrogen-bond donors (Lipinski definition) is 1. The van der Waals surface area contributed by atoms with Crippen LogP contribution in [0.3, 0.4) is 0 Å². The fourth-order valence-electron chi connectivity index (χ4n) is 4.55. The molecule has 2 aromatic carbocycles. The first-order valence-corrected chi connectivity index (χ1v) is 11.1. The molecule has 160 valence electrons. The Balaban J connectivity index is 1.49. The van der Waals surface area contributed by atoms with Crippen LogP contribution in [0.4, 0.5) is 4.39 Å². The number of nitrogens with zero attached hydrogens (tertiary/aromatic N) is 1. The van der Waals surface area contributed by atoms with Crippen LogP contribution in [0.15, 0.2) is 42.5 Å². The zero-order chi connectivity index (χ0) is 21.1. The molecule has 3 atom stereocenters. The summed E-state index contributed by atoms with van der Waals surface area (Å²) in [4.78, 5) is 15.2. The van der Waals surface area contributed by atoms with Gasteiger partial charge in [0.05, 0.1) is 13.2 Å². The second kappa shape index (κ2) is 9.65. The molecule has 1 aliphatic heterocycles. The highest BCUT2D eigenvalue weighted by atomic mass is 35.5. The lowest BCUT2D eigenvalue weighted by Gasteiger charge is -2.31. The lowest BCUT2D eigenvalue weighted by atomic mass is 9.88. The van der Waals surface area contributed by atoms with Crippen molar-refractivity contribution in [1.29, 1.82) is 0 Å². The molecule has 4 nitrogen and oxygen atoms in total. The second-order valence-corrected chi connectivity index (χ2v) is 8.90. The van der Waals surface area contributed by atoms with Crippen LogP contribution in [-0.2, 0) is 16.1 Å². The largest absolute Gasteiger partial charge is 0.378 e. The van der Waals surface area contributed by atoms with Crippen molar-refractivity contribution in [3.05, 3.63) is 69.5 Å². The number of rotatable bonds is 5. The van der Waals surface area contributed by atoms with E-state index in [4.69, 9.17) is 27.9 Å². The monoisotopic (exact) mass is 450 g/mol. The molecule has 1 saturated carbocycles. The van der Waals surface area contributed by atoms with Gasteiger partial charge in [-0.3, -0.25) is 4.79 Å². The van der Waals surface area contributed by atoms with E-state index in [2.05, 4.69) is 5.32 Å². The normalized spacial score (nSPS) is 24.2. The summed E-state index contributed by atoms with van der Waals surface area (Å²) in [5, 5.41) is 4.78. The van der Waals surface area contributed by atoms with Crippen molar-refractivity contribution in [3.63, 3.8) is 0 Å². The third-order valence-corrected chi connectivity index (χ3v) is 6.45. The number of hydrogen-bond acceptors (Lipinski definition) is 3. The Morgan fingerprint density at radius 1 is 1.07 bits per heavy atom. The van der Waals surface area contributed by atoms with Crippen LogP contribution in [0.25, 0.3) is 0 Å². The molecule has 0 spiro atoms. The minimum Gasteiger partial charge on any atom is -0.378 e. The molecule has 1 heterocycles. The Labute approximate surface area is 186 Å². The number of nitrogens with one attached hydrogen (secondary N) is 1. The van der Waals surface area contributed by atoms with Crippen LogP contribution in [0.1, 0.15) is 29.9 Å². The van der Waals surface area contributed by atoms with E-state index in [-0.39, 0.29) is 29.6 Å². The molecule has 1 amide bonds. The Morgan fingerprint density at radius 3 is 2.40 bits per heavy atom. The van der Waals surface area contributed by atoms with Gasteiger partial charge in [0.1, 0.15) is 5.82 Å². The summed E-state index contributed by atoms with van der Waals surface area (Å²) in [5.41, 5.74) is 2.02. The van der Waals surface area contributed by atoms with Gasteiger partial charge >= 0.3 is 0 Å². The first kappa shape index (κ1) is 21.6. The SMILES string of the molecule is O=C([C@H]1C[C@@H](NCc2cc(Cl)cc(Cl)c2)C[C@@H]1c1ccc(F)cc1)N1CCOCC1. The first-order chi connectivity index (χ1) is 14.5. The molecule has 0 radical (unpaired) electrons. The van der Waals surface area contributed by atoms with Crippen molar-refractivity contribution in [1.82, 2.24) is 10.2 Å². The summed E-state index contributed by atoms with van der Waals surface area (Å²) in [5.74, 6) is -0.168. The first-order valence-electron chi connectivity index (χ1n) is 10.3. The highest BCUT2D eigenvalue weighted by Crippen LogP contribution is 2.41. The van der Waals surface area contributed by atoms with Crippen LogP contribution in [0, 0.1) is 11.7 Å². The van der Waals surface area contributed by atoms with E-state index in [9.17, 15) is 9.18 Å². The molecule has 1 saturated heterocycles. The predicted molar refractivity (Wildman–Crippen MR) is 116 cm³/mol. The van der Waals surface area contributed by atoms with Gasteiger partial charge in [0.25, 0.3) is 0 Å². The van der Waals surface area contributed by atoms with Gasteiger partial charge < -0.3 is 15.0 Å². The number of halogens is 3. The fourth-order valence-corrected chi connectivity index (χ4v) is 5.12. The van der Waals surface area contributed by atoms with Gasteiger partial charge in [-0.2, -0.15) is 0 Å². The molecular weight excluding hydrogens is 426 g/mol. The van der Waals surface area contributed by atoms with E-state index in [0.717, 1.165) is 24.0 Å². The molecule has 30 heavy (non-hydrogen) atoms. The van der Waals surface area contributed by atoms with Crippen LogP contribution < -0.4 is 5.32 Å². The standard InChI is InChI=1S/C23H25Cl2FN2O2/c24-17-9-15(10-18(25)11-17)14-27-20-12-21(16-1-3-19(26)4-2-16)22(13-20)23(29)28-5-7-30-8-6-28/h1-4,9-11,20-22,27H,5-8,12-14H2/t20-,21+,22-/m0/s1. The van der Waals surface area contributed by atoms with E-state index < -0.39 is 0 Å². The molecule has 7 heteroatoms. The zero-order valence-corrected chi connectivity index (χ0v) is 18.1. The van der Waals surface area contributed by atoms with E-state index >= 15 is 0 Å². The molecular formula is C23H25Cl2FN2O2. The molecule has 2 aromatic rings. The van der Waals surface area contributed by atoms with Gasteiger partial charge in [-0.15, -0.1) is 0 Å². The second-order valence-electron chi connectivity index (χ2n) is 8.03. The maximum absolute atomic E-state index is 13.4. The van der Waals surface area contributed by atoms with Crippen LogP contribution >= 0.6 is 23.2 Å². The van der Waals surface area contributed by atoms with Crippen molar-refractivity contribution in [2.75, 3.05) is 26.3 Å². The van der Waals surface area contributed by atoms with Gasteiger partial charge in [-0.1, -0.05) is 35.3 Å². The van der Waals surface area contributed by atoms with Gasteiger partial charge in [-0.25, -0.2) is 4.39 Å². The summed E-state index contributed by atoms with van der Waals surface area (Å²) in [7, 11) is 0. The Hall–Kier alpha value is -1.66. The molecule has 0 aromatic heterocycles. The molecule has 0 unspecified atom stereocenters. The maximum Gasteiger partial charge on any atom is 0.226 e. The minimum absolute atomic E-state index is 0.0568. The maximum atomic E-state index is 13.4. The average molecular weight is 451 g/mol. The number of benzene rings is 2. The highest BCUT2D eigenvalue weighted by molar-refractivity contribution is 6.34. The highest BCUT2D eigenvalue weighted by Gasteiger charge is 2.41. The smallest absolute Gasteiger partial charge is 0.226 e. The molecule has 0 bridgehead atoms. The minimum atomic E-state index is -0.264. The summed E-state index contributed by atoms with van der Waals surface area (Å²) in [6.45, 7) is 3.04. The van der Waals surface area contributed by atoms with Crippen LogP contribution in [0.2, 0.25) is 10.0 Å². The fraction of sp³-hybridized carbons (Fsp3) is 0.435. The lowest BCUT2D eigenvalue weighted by molar-refractivity contribution is -0.140. The number of ether oxygens (including phenoxy) is 1.